The first kappa shape index (κ1) is 10.8. The number of carbonyl (C=O) groups is 1. The molecule has 0 saturated carbocycles. The number of para-hydroxylation sites is 1. The van der Waals surface area contributed by atoms with E-state index in [4.69, 9.17) is 5.73 Å². The molecule has 0 radical (unpaired) electrons. The van der Waals surface area contributed by atoms with Gasteiger partial charge in [-0.3, -0.25) is 9.78 Å². The first-order valence-corrected chi connectivity index (χ1v) is 5.48. The summed E-state index contributed by atoms with van der Waals surface area (Å²) < 4.78 is 0.724. The van der Waals surface area contributed by atoms with Crippen molar-refractivity contribution in [3.8, 4) is 0 Å². The molecule has 80 valence electrons. The van der Waals surface area contributed by atoms with Crippen molar-refractivity contribution < 1.29 is 4.79 Å². The van der Waals surface area contributed by atoms with Gasteiger partial charge in [-0.05, 0) is 40.2 Å². The zero-order chi connectivity index (χ0) is 11.5. The van der Waals surface area contributed by atoms with Crippen molar-refractivity contribution in [2.75, 3.05) is 5.73 Å². The molecule has 2 N–H and O–H groups in total. The molecule has 0 saturated heterocycles. The zero-order valence-corrected chi connectivity index (χ0v) is 9.94. The second-order valence-electron chi connectivity index (χ2n) is 3.27. The van der Waals surface area contributed by atoms with E-state index in [1.54, 1.807) is 36.5 Å². The molecule has 0 spiro atoms. The Morgan fingerprint density at radius 3 is 2.75 bits per heavy atom. The maximum atomic E-state index is 12.1. The number of hydrogen-bond acceptors (Lipinski definition) is 3. The second-order valence-corrected chi connectivity index (χ2v) is 4.13. The van der Waals surface area contributed by atoms with Gasteiger partial charge in [0.15, 0.2) is 5.78 Å². The molecule has 4 heteroatoms. The van der Waals surface area contributed by atoms with Crippen LogP contribution in [0.4, 0.5) is 5.69 Å². The van der Waals surface area contributed by atoms with Gasteiger partial charge in [0.2, 0.25) is 0 Å². The highest BCUT2D eigenvalue weighted by Crippen LogP contribution is 2.24. The van der Waals surface area contributed by atoms with Crippen LogP contribution >= 0.6 is 15.9 Å². The van der Waals surface area contributed by atoms with Crippen molar-refractivity contribution in [1.29, 1.82) is 0 Å². The van der Waals surface area contributed by atoms with Crippen LogP contribution in [-0.4, -0.2) is 10.8 Å². The number of nitrogens with two attached hydrogens (primary N) is 1. The van der Waals surface area contributed by atoms with E-state index in [0.29, 0.717) is 16.8 Å². The first-order valence-electron chi connectivity index (χ1n) is 4.69. The fraction of sp³-hybridized carbons (Fsp3) is 0. The highest BCUT2D eigenvalue weighted by atomic mass is 79.9. The van der Waals surface area contributed by atoms with Crippen LogP contribution in [0.5, 0.6) is 0 Å². The first-order chi connectivity index (χ1) is 7.70. The number of carbonyl (C=O) groups excluding carboxylic acids is 1. The van der Waals surface area contributed by atoms with E-state index in [9.17, 15) is 4.79 Å². The topological polar surface area (TPSA) is 56.0 Å². The third-order valence-electron chi connectivity index (χ3n) is 2.22. The van der Waals surface area contributed by atoms with Crippen LogP contribution in [0, 0.1) is 0 Å². The lowest BCUT2D eigenvalue weighted by Gasteiger charge is -2.05. The molecule has 2 rings (SSSR count). The Bertz CT molecular complexity index is 526. The van der Waals surface area contributed by atoms with E-state index in [1.165, 1.54) is 6.20 Å². The van der Waals surface area contributed by atoms with Gasteiger partial charge in [0.05, 0.1) is 5.69 Å². The number of rotatable bonds is 2. The van der Waals surface area contributed by atoms with Gasteiger partial charge in [-0.15, -0.1) is 0 Å². The summed E-state index contributed by atoms with van der Waals surface area (Å²) in [5.41, 5.74) is 7.31. The summed E-state index contributed by atoms with van der Waals surface area (Å²) in [5, 5.41) is 0. The Morgan fingerprint density at radius 2 is 2.06 bits per heavy atom. The molecule has 0 atom stereocenters. The molecule has 2 aromatic rings. The lowest BCUT2D eigenvalue weighted by Crippen LogP contribution is -2.05. The molecule has 1 aromatic heterocycles. The van der Waals surface area contributed by atoms with E-state index < -0.39 is 0 Å². The summed E-state index contributed by atoms with van der Waals surface area (Å²) in [6.07, 6.45) is 3.16. The van der Waals surface area contributed by atoms with Gasteiger partial charge in [-0.25, -0.2) is 0 Å². The Labute approximate surface area is 101 Å². The van der Waals surface area contributed by atoms with Crippen LogP contribution in [0.2, 0.25) is 0 Å². The maximum absolute atomic E-state index is 12.1. The van der Waals surface area contributed by atoms with Crippen molar-refractivity contribution >= 4 is 27.4 Å². The van der Waals surface area contributed by atoms with Crippen LogP contribution in [0.3, 0.4) is 0 Å². The lowest BCUT2D eigenvalue weighted by atomic mass is 10.0. The monoisotopic (exact) mass is 276 g/mol. The number of ketones is 1. The largest absolute Gasteiger partial charge is 0.397 e. The number of nitrogens with zero attached hydrogens (tertiary/aromatic N) is 1. The normalized spacial score (nSPS) is 10.1. The van der Waals surface area contributed by atoms with E-state index in [-0.39, 0.29) is 5.78 Å². The van der Waals surface area contributed by atoms with Gasteiger partial charge in [0.1, 0.15) is 0 Å². The standard InChI is InChI=1S/C12H9BrN2O/c13-10-5-1-4-9(11(10)14)12(16)8-3-2-6-15-7-8/h1-7H,14H2. The van der Waals surface area contributed by atoms with E-state index in [2.05, 4.69) is 20.9 Å². The lowest BCUT2D eigenvalue weighted by molar-refractivity contribution is 0.103. The molecule has 0 amide bonds. The third kappa shape index (κ3) is 1.97. The molecule has 0 aliphatic rings. The average Bonchev–Trinajstić information content (AvgIpc) is 2.33. The number of benzene rings is 1. The molecule has 0 bridgehead atoms. The summed E-state index contributed by atoms with van der Waals surface area (Å²) in [6, 6.07) is 8.73. The smallest absolute Gasteiger partial charge is 0.196 e. The van der Waals surface area contributed by atoms with Gasteiger partial charge in [0, 0.05) is 28.0 Å². The molecule has 0 fully saturated rings. The van der Waals surface area contributed by atoms with Crippen LogP contribution in [0.1, 0.15) is 15.9 Å². The summed E-state index contributed by atoms with van der Waals surface area (Å²) in [4.78, 5) is 16.0. The minimum absolute atomic E-state index is 0.119. The molecule has 1 heterocycles. The van der Waals surface area contributed by atoms with Gasteiger partial charge in [-0.1, -0.05) is 6.07 Å². The highest BCUT2D eigenvalue weighted by molar-refractivity contribution is 9.10. The Balaban J connectivity index is 2.46. The van der Waals surface area contributed by atoms with Crippen LogP contribution in [0.25, 0.3) is 0 Å². The molecule has 0 aliphatic heterocycles. The Morgan fingerprint density at radius 1 is 1.25 bits per heavy atom. The highest BCUT2D eigenvalue weighted by Gasteiger charge is 2.13. The van der Waals surface area contributed by atoms with E-state index in [1.807, 2.05) is 0 Å². The second kappa shape index (κ2) is 4.45. The van der Waals surface area contributed by atoms with Crippen LogP contribution in [-0.2, 0) is 0 Å². The van der Waals surface area contributed by atoms with Gasteiger partial charge < -0.3 is 5.73 Å². The molecular formula is C12H9BrN2O. The summed E-state index contributed by atoms with van der Waals surface area (Å²) in [6.45, 7) is 0. The molecular weight excluding hydrogens is 268 g/mol. The molecule has 3 nitrogen and oxygen atoms in total. The van der Waals surface area contributed by atoms with Gasteiger partial charge >= 0.3 is 0 Å². The van der Waals surface area contributed by atoms with Crippen molar-refractivity contribution in [3.05, 3.63) is 58.3 Å². The predicted molar refractivity (Wildman–Crippen MR) is 66.2 cm³/mol. The minimum atomic E-state index is -0.119. The fourth-order valence-electron chi connectivity index (χ4n) is 1.39. The zero-order valence-electron chi connectivity index (χ0n) is 8.35. The number of pyridine rings is 1. The molecule has 0 aliphatic carbocycles. The summed E-state index contributed by atoms with van der Waals surface area (Å²) in [5.74, 6) is -0.119. The van der Waals surface area contributed by atoms with E-state index in [0.717, 1.165) is 4.47 Å². The average molecular weight is 277 g/mol. The number of anilines is 1. The van der Waals surface area contributed by atoms with Crippen LogP contribution < -0.4 is 5.73 Å². The molecule has 1 aromatic carbocycles. The van der Waals surface area contributed by atoms with Crippen molar-refractivity contribution in [2.45, 2.75) is 0 Å². The number of aromatic nitrogens is 1. The molecule has 16 heavy (non-hydrogen) atoms. The van der Waals surface area contributed by atoms with Crippen LogP contribution in [0.15, 0.2) is 47.2 Å². The summed E-state index contributed by atoms with van der Waals surface area (Å²) in [7, 11) is 0. The van der Waals surface area contributed by atoms with E-state index >= 15 is 0 Å². The summed E-state index contributed by atoms with van der Waals surface area (Å²) >= 11 is 3.29. The third-order valence-corrected chi connectivity index (χ3v) is 2.91. The van der Waals surface area contributed by atoms with Crippen molar-refractivity contribution in [3.63, 3.8) is 0 Å². The SMILES string of the molecule is Nc1c(Br)cccc1C(=O)c1cccnc1. The molecule has 0 unspecified atom stereocenters. The Kier molecular flexibility index (Phi) is 3.01. The number of hydrogen-bond donors (Lipinski definition) is 1. The van der Waals surface area contributed by atoms with Gasteiger partial charge in [-0.2, -0.15) is 0 Å². The van der Waals surface area contributed by atoms with Gasteiger partial charge in [0.25, 0.3) is 0 Å². The predicted octanol–water partition coefficient (Wildman–Crippen LogP) is 2.66. The minimum Gasteiger partial charge on any atom is -0.397 e. The number of nitrogen functional groups attached to an aromatic ring is 1. The maximum Gasteiger partial charge on any atom is 0.196 e. The Hall–Kier alpha value is -1.68. The quantitative estimate of drug-likeness (QED) is 0.678. The fourth-order valence-corrected chi connectivity index (χ4v) is 1.75. The number of halogens is 1. The van der Waals surface area contributed by atoms with Crippen molar-refractivity contribution in [2.24, 2.45) is 0 Å². The van der Waals surface area contributed by atoms with Crippen molar-refractivity contribution in [1.82, 2.24) is 4.98 Å².